The summed E-state index contributed by atoms with van der Waals surface area (Å²) in [7, 11) is 0.798. The highest BCUT2D eigenvalue weighted by atomic mass is 32.1. The molecular weight excluding hydrogens is 462 g/mol. The molecule has 180 valence electrons. The molecular formula is C21H31N5O5SSi. The first kappa shape index (κ1) is 24.1. The number of hydrogen-bond acceptors (Lipinski definition) is 9. The lowest BCUT2D eigenvalue weighted by Crippen LogP contribution is -2.65. The number of ether oxygens (including phenoxy) is 1. The van der Waals surface area contributed by atoms with Gasteiger partial charge in [0.05, 0.1) is 23.8 Å². The second-order valence-corrected chi connectivity index (χ2v) is 16.5. The van der Waals surface area contributed by atoms with Crippen LogP contribution in [0.2, 0.25) is 10.1 Å². The van der Waals surface area contributed by atoms with Gasteiger partial charge in [-0.25, -0.2) is 14.5 Å². The maximum Gasteiger partial charge on any atom is 0.350 e. The maximum atomic E-state index is 13.6. The topological polar surface area (TPSA) is 108 Å². The van der Waals surface area contributed by atoms with Crippen molar-refractivity contribution in [1.29, 1.82) is 0 Å². The smallest absolute Gasteiger partial charge is 0.350 e. The molecule has 0 amide bonds. The van der Waals surface area contributed by atoms with E-state index in [2.05, 4.69) is 56.5 Å². The number of aromatic nitrogens is 3. The van der Waals surface area contributed by atoms with Crippen molar-refractivity contribution in [3.8, 4) is 0 Å². The fourth-order valence-corrected chi connectivity index (χ4v) is 10.4. The second kappa shape index (κ2) is 8.05. The fraction of sp³-hybridized carbons (Fsp3) is 0.667. The van der Waals surface area contributed by atoms with Crippen molar-refractivity contribution in [2.24, 2.45) is 4.99 Å². The summed E-state index contributed by atoms with van der Waals surface area (Å²) in [5, 5.41) is -0.542. The molecule has 0 radical (unpaired) electrons. The van der Waals surface area contributed by atoms with Gasteiger partial charge in [0, 0.05) is 24.2 Å². The van der Waals surface area contributed by atoms with Gasteiger partial charge >= 0.3 is 13.4 Å². The van der Waals surface area contributed by atoms with Crippen LogP contribution < -0.4 is 4.87 Å². The number of fused-ring (bicyclic) bond motifs is 2. The first-order valence-corrected chi connectivity index (χ1v) is 13.5. The molecule has 0 aromatic carbocycles. The lowest BCUT2D eigenvalue weighted by Gasteiger charge is -2.52. The van der Waals surface area contributed by atoms with Crippen molar-refractivity contribution in [2.45, 2.75) is 70.1 Å². The van der Waals surface area contributed by atoms with E-state index in [-0.39, 0.29) is 33.3 Å². The highest BCUT2D eigenvalue weighted by molar-refractivity contribution is 7.16. The minimum Gasteiger partial charge on any atom is -0.391 e. The van der Waals surface area contributed by atoms with Crippen LogP contribution in [0.15, 0.2) is 16.0 Å². The third-order valence-electron chi connectivity index (χ3n) is 5.87. The van der Waals surface area contributed by atoms with Gasteiger partial charge in [-0.1, -0.05) is 52.9 Å². The molecule has 3 atom stereocenters. The summed E-state index contributed by atoms with van der Waals surface area (Å²) in [6.45, 7) is 12.8. The molecule has 2 aromatic heterocycles. The van der Waals surface area contributed by atoms with Crippen molar-refractivity contribution in [1.82, 2.24) is 19.4 Å². The van der Waals surface area contributed by atoms with Crippen molar-refractivity contribution < 1.29 is 18.4 Å². The third-order valence-corrected chi connectivity index (χ3v) is 11.9. The van der Waals surface area contributed by atoms with E-state index in [1.165, 1.54) is 10.8 Å². The van der Waals surface area contributed by atoms with Crippen molar-refractivity contribution in [3.63, 3.8) is 0 Å². The number of nitrogens with zero attached hydrogens (tertiary/aromatic N) is 5. The average molecular weight is 494 g/mol. The molecule has 33 heavy (non-hydrogen) atoms. The molecule has 0 saturated carbocycles. The lowest BCUT2D eigenvalue weighted by atomic mass is 10.1. The van der Waals surface area contributed by atoms with Gasteiger partial charge in [0.1, 0.15) is 12.2 Å². The standard InChI is InChI=1S/C21H31N5O5SSi/c1-20(2,3)33(21(4,5)6)29-10-12-15(31-33)14(27)17(30-12)26-16-13(32-19(26)28)9-22-18(24-16)23-11-25(7)8/h9,11-12,15,17H,10H2,1-8H3. The molecule has 2 saturated heterocycles. The van der Waals surface area contributed by atoms with E-state index < -0.39 is 27.0 Å². The number of carbonyl (C=O) groups excluding carboxylic acids is 1. The van der Waals surface area contributed by atoms with Crippen LogP contribution in [0.1, 0.15) is 47.8 Å². The summed E-state index contributed by atoms with van der Waals surface area (Å²) in [6.07, 6.45) is 0.605. The van der Waals surface area contributed by atoms with Crippen LogP contribution >= 0.6 is 11.3 Å². The summed E-state index contributed by atoms with van der Waals surface area (Å²) >= 11 is 0.967. The minimum absolute atomic E-state index is 0.192. The Morgan fingerprint density at radius 3 is 2.48 bits per heavy atom. The zero-order chi connectivity index (χ0) is 24.3. The van der Waals surface area contributed by atoms with Gasteiger partial charge < -0.3 is 18.5 Å². The zero-order valence-corrected chi connectivity index (χ0v) is 22.1. The molecule has 0 N–H and O–H groups in total. The first-order valence-electron chi connectivity index (χ1n) is 10.8. The predicted molar refractivity (Wildman–Crippen MR) is 128 cm³/mol. The molecule has 2 aliphatic rings. The monoisotopic (exact) mass is 493 g/mol. The number of ketones is 1. The molecule has 0 aliphatic carbocycles. The first-order chi connectivity index (χ1) is 15.2. The van der Waals surface area contributed by atoms with Crippen LogP contribution in [0.5, 0.6) is 0 Å². The number of Topliss-reactive ketones (excluding diaryl/α,β-unsaturated/α-hetero) is 1. The lowest BCUT2D eigenvalue weighted by molar-refractivity contribution is -0.130. The second-order valence-electron chi connectivity index (χ2n) is 10.7. The van der Waals surface area contributed by atoms with Gasteiger partial charge in [0.15, 0.2) is 5.65 Å². The van der Waals surface area contributed by atoms with E-state index in [4.69, 9.17) is 13.6 Å². The van der Waals surface area contributed by atoms with Crippen LogP contribution in [0.25, 0.3) is 10.3 Å². The van der Waals surface area contributed by atoms with Gasteiger partial charge in [-0.15, -0.1) is 0 Å². The third kappa shape index (κ3) is 3.97. The van der Waals surface area contributed by atoms with Crippen molar-refractivity contribution in [3.05, 3.63) is 15.9 Å². The van der Waals surface area contributed by atoms with E-state index in [0.717, 1.165) is 11.3 Å². The highest BCUT2D eigenvalue weighted by Gasteiger charge is 2.65. The quantitative estimate of drug-likeness (QED) is 0.365. The predicted octanol–water partition coefficient (Wildman–Crippen LogP) is 3.00. The Hall–Kier alpha value is -1.99. The summed E-state index contributed by atoms with van der Waals surface area (Å²) in [6, 6.07) is 0. The van der Waals surface area contributed by atoms with Gasteiger partial charge in [0.25, 0.3) is 5.95 Å². The Morgan fingerprint density at radius 2 is 1.88 bits per heavy atom. The van der Waals surface area contributed by atoms with E-state index >= 15 is 0 Å². The molecule has 0 spiro atoms. The molecule has 2 fully saturated rings. The highest BCUT2D eigenvalue weighted by Crippen LogP contribution is 2.55. The zero-order valence-electron chi connectivity index (χ0n) is 20.3. The van der Waals surface area contributed by atoms with E-state index in [1.54, 1.807) is 11.2 Å². The normalized spacial score (nSPS) is 25.7. The number of hydrogen-bond donors (Lipinski definition) is 0. The molecule has 4 heterocycles. The molecule has 2 aromatic rings. The number of carbonyl (C=O) groups is 1. The summed E-state index contributed by atoms with van der Waals surface area (Å²) in [5.41, 5.74) is 0.318. The van der Waals surface area contributed by atoms with Gasteiger partial charge in [-0.3, -0.25) is 9.59 Å². The molecule has 4 rings (SSSR count). The largest absolute Gasteiger partial charge is 0.391 e. The summed E-state index contributed by atoms with van der Waals surface area (Å²) in [5.74, 6) is -0.0930. The number of rotatable bonds is 3. The van der Waals surface area contributed by atoms with Crippen LogP contribution in [0.4, 0.5) is 5.95 Å². The van der Waals surface area contributed by atoms with E-state index in [0.29, 0.717) is 10.3 Å². The van der Waals surface area contributed by atoms with Gasteiger partial charge in [0.2, 0.25) is 12.0 Å². The number of thiazole rings is 1. The summed E-state index contributed by atoms with van der Waals surface area (Å²) < 4.78 is 20.9. The summed E-state index contributed by atoms with van der Waals surface area (Å²) in [4.78, 5) is 40.6. The molecule has 10 nitrogen and oxygen atoms in total. The Labute approximate surface area is 197 Å². The van der Waals surface area contributed by atoms with Crippen molar-refractivity contribution >= 4 is 48.3 Å². The van der Waals surface area contributed by atoms with E-state index in [9.17, 15) is 9.59 Å². The Balaban J connectivity index is 1.72. The molecule has 12 heteroatoms. The van der Waals surface area contributed by atoms with Crippen LogP contribution in [0.3, 0.4) is 0 Å². The Bertz CT molecular complexity index is 1150. The molecule has 0 bridgehead atoms. The maximum absolute atomic E-state index is 13.6. The molecule has 2 aliphatic heterocycles. The number of aliphatic imine (C=N–C) groups is 1. The van der Waals surface area contributed by atoms with Crippen molar-refractivity contribution in [2.75, 3.05) is 20.7 Å². The average Bonchev–Trinajstić information content (AvgIpc) is 3.19. The van der Waals surface area contributed by atoms with Crippen LogP contribution in [-0.4, -0.2) is 73.0 Å². The Morgan fingerprint density at radius 1 is 1.21 bits per heavy atom. The van der Waals surface area contributed by atoms with Crippen LogP contribution in [-0.2, 0) is 18.4 Å². The Kier molecular flexibility index (Phi) is 5.89. The molecule has 3 unspecified atom stereocenters. The van der Waals surface area contributed by atoms with E-state index in [1.807, 2.05) is 14.1 Å². The van der Waals surface area contributed by atoms with Crippen LogP contribution in [0, 0.1) is 0 Å². The minimum atomic E-state index is -2.86. The fourth-order valence-electron chi connectivity index (χ4n) is 4.66. The van der Waals surface area contributed by atoms with Gasteiger partial charge in [-0.05, 0) is 0 Å². The van der Waals surface area contributed by atoms with Gasteiger partial charge in [-0.2, -0.15) is 4.98 Å². The SMILES string of the molecule is CN(C)C=Nc1ncc2sc(=O)n(C3OC4CO[Si](C(C)(C)C)(C(C)(C)C)OC4C3=O)c2n1.